The molecular weight excluding hydrogens is 279 g/mol. The summed E-state index contributed by atoms with van der Waals surface area (Å²) in [4.78, 5) is 5.35. The van der Waals surface area contributed by atoms with E-state index in [2.05, 4.69) is 4.98 Å². The molecule has 6 heteroatoms. The van der Waals surface area contributed by atoms with E-state index >= 15 is 0 Å². The molecule has 2 rings (SSSR count). The van der Waals surface area contributed by atoms with Gasteiger partial charge in [0.05, 0.1) is 5.56 Å². The van der Waals surface area contributed by atoms with Crippen molar-refractivity contribution < 1.29 is 13.2 Å². The molecule has 1 aromatic heterocycles. The topological polar surface area (TPSA) is 42.1 Å². The van der Waals surface area contributed by atoms with Crippen LogP contribution in [0.15, 0.2) is 42.6 Å². The normalized spacial score (nSPS) is 11.5. The first-order chi connectivity index (χ1) is 9.91. The van der Waals surface area contributed by atoms with Gasteiger partial charge < -0.3 is 10.6 Å². The van der Waals surface area contributed by atoms with Gasteiger partial charge in [-0.05, 0) is 23.3 Å². The molecule has 21 heavy (non-hydrogen) atoms. The molecule has 0 aliphatic rings. The number of benzene rings is 1. The zero-order chi connectivity index (χ0) is 15.5. The summed E-state index contributed by atoms with van der Waals surface area (Å²) in [5.41, 5.74) is 6.66. The van der Waals surface area contributed by atoms with Crippen molar-refractivity contribution in [3.63, 3.8) is 0 Å². The molecule has 0 amide bonds. The fraction of sp³-hybridized carbons (Fsp3) is 0.267. The van der Waals surface area contributed by atoms with Crippen LogP contribution >= 0.6 is 0 Å². The van der Waals surface area contributed by atoms with E-state index in [0.717, 1.165) is 17.2 Å². The van der Waals surface area contributed by atoms with Crippen molar-refractivity contribution in [2.45, 2.75) is 19.3 Å². The van der Waals surface area contributed by atoms with E-state index in [9.17, 15) is 13.2 Å². The van der Waals surface area contributed by atoms with Crippen LogP contribution in [0.5, 0.6) is 0 Å². The second-order valence-corrected chi connectivity index (χ2v) is 4.75. The lowest BCUT2D eigenvalue weighted by Gasteiger charge is -2.22. The molecule has 1 aromatic carbocycles. The number of pyridine rings is 1. The first-order valence-corrected chi connectivity index (χ1v) is 6.43. The highest BCUT2D eigenvalue weighted by Gasteiger charge is 2.35. The van der Waals surface area contributed by atoms with Gasteiger partial charge in [0.25, 0.3) is 0 Å². The van der Waals surface area contributed by atoms with Gasteiger partial charge in [-0.15, -0.1) is 0 Å². The number of nitrogens with two attached hydrogens (primary N) is 1. The fourth-order valence-corrected chi connectivity index (χ4v) is 2.05. The van der Waals surface area contributed by atoms with Crippen LogP contribution in [0.1, 0.15) is 16.7 Å². The van der Waals surface area contributed by atoms with Crippen molar-refractivity contribution in [1.29, 1.82) is 0 Å². The van der Waals surface area contributed by atoms with Crippen LogP contribution in [0.25, 0.3) is 0 Å². The molecule has 0 aliphatic carbocycles. The van der Waals surface area contributed by atoms with Crippen molar-refractivity contribution in [3.8, 4) is 0 Å². The zero-order valence-corrected chi connectivity index (χ0v) is 11.6. The molecule has 0 saturated carbocycles. The van der Waals surface area contributed by atoms with Gasteiger partial charge in [0.1, 0.15) is 5.82 Å². The monoisotopic (exact) mass is 295 g/mol. The predicted octanol–water partition coefficient (Wildman–Crippen LogP) is 3.20. The van der Waals surface area contributed by atoms with E-state index in [4.69, 9.17) is 5.73 Å². The van der Waals surface area contributed by atoms with E-state index in [1.54, 1.807) is 7.05 Å². The van der Waals surface area contributed by atoms with E-state index in [-0.39, 0.29) is 5.82 Å². The Morgan fingerprint density at radius 2 is 1.71 bits per heavy atom. The maximum absolute atomic E-state index is 13.0. The highest BCUT2D eigenvalue weighted by Crippen LogP contribution is 2.35. The van der Waals surface area contributed by atoms with Crippen LogP contribution in [-0.2, 0) is 19.3 Å². The average molecular weight is 295 g/mol. The molecule has 0 radical (unpaired) electrons. The molecule has 2 aromatic rings. The van der Waals surface area contributed by atoms with Crippen LogP contribution < -0.4 is 10.6 Å². The summed E-state index contributed by atoms with van der Waals surface area (Å²) >= 11 is 0. The number of rotatable bonds is 4. The van der Waals surface area contributed by atoms with E-state index in [0.29, 0.717) is 13.1 Å². The second-order valence-electron chi connectivity index (χ2n) is 4.75. The van der Waals surface area contributed by atoms with Crippen molar-refractivity contribution in [1.82, 2.24) is 4.98 Å². The van der Waals surface area contributed by atoms with Crippen molar-refractivity contribution in [2.24, 2.45) is 5.73 Å². The molecule has 0 fully saturated rings. The standard InChI is InChI=1S/C15H16F3N3/c1-21(10-12-6-4-11(9-19)5-7-12)14-13(15(16,17)18)3-2-8-20-14/h2-8H,9-10,19H2,1H3. The molecule has 1 heterocycles. The number of hydrogen-bond donors (Lipinski definition) is 1. The van der Waals surface area contributed by atoms with Crippen molar-refractivity contribution >= 4 is 5.82 Å². The molecule has 3 nitrogen and oxygen atoms in total. The van der Waals surface area contributed by atoms with Gasteiger partial charge in [0, 0.05) is 26.3 Å². The number of nitrogens with zero attached hydrogens (tertiary/aromatic N) is 2. The number of aromatic nitrogens is 1. The van der Waals surface area contributed by atoms with Gasteiger partial charge in [-0.2, -0.15) is 13.2 Å². The Balaban J connectivity index is 2.22. The van der Waals surface area contributed by atoms with Crippen LogP contribution in [-0.4, -0.2) is 12.0 Å². The summed E-state index contributed by atoms with van der Waals surface area (Å²) in [6.07, 6.45) is -3.06. The summed E-state index contributed by atoms with van der Waals surface area (Å²) in [7, 11) is 1.59. The van der Waals surface area contributed by atoms with Gasteiger partial charge in [0.2, 0.25) is 0 Å². The predicted molar refractivity (Wildman–Crippen MR) is 75.7 cm³/mol. The van der Waals surface area contributed by atoms with E-state index < -0.39 is 11.7 Å². The molecule has 0 atom stereocenters. The molecule has 0 saturated heterocycles. The summed E-state index contributed by atoms with van der Waals surface area (Å²) in [6.45, 7) is 0.777. The summed E-state index contributed by atoms with van der Waals surface area (Å²) in [5, 5.41) is 0. The van der Waals surface area contributed by atoms with Crippen LogP contribution in [0.2, 0.25) is 0 Å². The number of halogens is 3. The minimum Gasteiger partial charge on any atom is -0.355 e. The second kappa shape index (κ2) is 6.13. The first-order valence-electron chi connectivity index (χ1n) is 6.43. The third kappa shape index (κ3) is 3.72. The number of alkyl halides is 3. The Morgan fingerprint density at radius 3 is 2.29 bits per heavy atom. The fourth-order valence-electron chi connectivity index (χ4n) is 2.05. The molecule has 0 aliphatic heterocycles. The van der Waals surface area contributed by atoms with Crippen molar-refractivity contribution in [2.75, 3.05) is 11.9 Å². The largest absolute Gasteiger partial charge is 0.419 e. The summed E-state index contributed by atoms with van der Waals surface area (Å²) in [6, 6.07) is 9.77. The van der Waals surface area contributed by atoms with Crippen molar-refractivity contribution in [3.05, 3.63) is 59.3 Å². The molecule has 2 N–H and O–H groups in total. The van der Waals surface area contributed by atoms with Crippen LogP contribution in [0, 0.1) is 0 Å². The minimum absolute atomic E-state index is 0.0760. The van der Waals surface area contributed by atoms with Crippen LogP contribution in [0.3, 0.4) is 0 Å². The zero-order valence-electron chi connectivity index (χ0n) is 11.6. The molecule has 0 bridgehead atoms. The smallest absolute Gasteiger partial charge is 0.355 e. The summed E-state index contributed by atoms with van der Waals surface area (Å²) < 4.78 is 38.9. The lowest BCUT2D eigenvalue weighted by molar-refractivity contribution is -0.137. The molecular formula is C15H16F3N3. The first kappa shape index (κ1) is 15.3. The SMILES string of the molecule is CN(Cc1ccc(CN)cc1)c1ncccc1C(F)(F)F. The van der Waals surface area contributed by atoms with Crippen LogP contribution in [0.4, 0.5) is 19.0 Å². The molecule has 112 valence electrons. The Morgan fingerprint density at radius 1 is 1.10 bits per heavy atom. The third-order valence-electron chi connectivity index (χ3n) is 3.13. The highest BCUT2D eigenvalue weighted by atomic mass is 19.4. The van der Waals surface area contributed by atoms with E-state index in [1.165, 1.54) is 17.2 Å². The quantitative estimate of drug-likeness (QED) is 0.942. The van der Waals surface area contributed by atoms with Gasteiger partial charge in [-0.1, -0.05) is 24.3 Å². The maximum Gasteiger partial charge on any atom is 0.419 e. The number of hydrogen-bond acceptors (Lipinski definition) is 3. The Bertz CT molecular complexity index is 594. The minimum atomic E-state index is -4.42. The Labute approximate surface area is 121 Å². The lowest BCUT2D eigenvalue weighted by atomic mass is 10.1. The Kier molecular flexibility index (Phi) is 4.47. The average Bonchev–Trinajstić information content (AvgIpc) is 2.47. The maximum atomic E-state index is 13.0. The van der Waals surface area contributed by atoms with Gasteiger partial charge >= 0.3 is 6.18 Å². The van der Waals surface area contributed by atoms with Gasteiger partial charge in [0.15, 0.2) is 0 Å². The van der Waals surface area contributed by atoms with Gasteiger partial charge in [-0.3, -0.25) is 0 Å². The number of anilines is 1. The lowest BCUT2D eigenvalue weighted by Crippen LogP contribution is -2.22. The van der Waals surface area contributed by atoms with E-state index in [1.807, 2.05) is 24.3 Å². The Hall–Kier alpha value is -2.08. The molecule has 0 spiro atoms. The highest BCUT2D eigenvalue weighted by molar-refractivity contribution is 5.48. The third-order valence-corrected chi connectivity index (χ3v) is 3.13. The van der Waals surface area contributed by atoms with Gasteiger partial charge in [-0.25, -0.2) is 4.98 Å². The summed E-state index contributed by atoms with van der Waals surface area (Å²) in [5.74, 6) is -0.0760. The molecule has 0 unspecified atom stereocenters.